The van der Waals surface area contributed by atoms with E-state index in [-0.39, 0.29) is 6.42 Å². The van der Waals surface area contributed by atoms with E-state index in [1.807, 2.05) is 0 Å². The van der Waals surface area contributed by atoms with Crippen molar-refractivity contribution in [3.05, 3.63) is 0 Å². The zero-order chi connectivity index (χ0) is 31.7. The molecule has 43 heavy (non-hydrogen) atoms. The summed E-state index contributed by atoms with van der Waals surface area (Å²) in [7, 11) is 0. The minimum Gasteiger partial charge on any atom is -0.387 e. The van der Waals surface area contributed by atoms with Crippen LogP contribution in [0.3, 0.4) is 0 Å². The maximum atomic E-state index is 10.4. The average Bonchev–Trinajstić information content (AvgIpc) is 2.96. The predicted octanol–water partition coefficient (Wildman–Crippen LogP) is 7.89. The lowest BCUT2D eigenvalue weighted by Gasteiger charge is -2.44. The summed E-state index contributed by atoms with van der Waals surface area (Å²) < 4.78 is 0. The molecule has 0 bridgehead atoms. The molecular weight excluding hydrogens is 544 g/mol. The molecule has 7 nitrogen and oxygen atoms in total. The van der Waals surface area contributed by atoms with Crippen LogP contribution in [-0.4, -0.2) is 59.2 Å². The van der Waals surface area contributed by atoms with Crippen LogP contribution in [-0.2, 0) is 0 Å². The molecule has 1 rings (SSSR count). The largest absolute Gasteiger partial charge is 0.387 e. The topological polar surface area (TPSA) is 142 Å². The van der Waals surface area contributed by atoms with Crippen molar-refractivity contribution in [2.24, 2.45) is 0 Å². The average molecular weight is 617 g/mol. The fraction of sp³-hybridized carbons (Fsp3) is 1.00. The molecule has 7 N–H and O–H groups in total. The fourth-order valence-corrected chi connectivity index (χ4v) is 6.56. The summed E-state index contributed by atoms with van der Waals surface area (Å²) in [5.41, 5.74) is 0. The summed E-state index contributed by atoms with van der Waals surface area (Å²) in [6.45, 7) is 0. The first-order chi connectivity index (χ1) is 20.6. The molecule has 1 aliphatic carbocycles. The highest BCUT2D eigenvalue weighted by atomic mass is 16.7. The Balaban J connectivity index is 2.40. The third kappa shape index (κ3) is 18.5. The maximum absolute atomic E-state index is 10.4. The molecule has 0 aromatic carbocycles. The van der Waals surface area contributed by atoms with Gasteiger partial charge in [-0.15, -0.1) is 0 Å². The second-order valence-electron chi connectivity index (χ2n) is 13.9. The van der Waals surface area contributed by atoms with Gasteiger partial charge in [0.1, 0.15) is 6.10 Å². The minimum atomic E-state index is -3.69. The molecule has 0 amide bonds. The van der Waals surface area contributed by atoms with Gasteiger partial charge in [-0.25, -0.2) is 0 Å². The normalized spacial score (nSPS) is 27.6. The van der Waals surface area contributed by atoms with Crippen LogP contribution in [0.2, 0.25) is 0 Å². The van der Waals surface area contributed by atoms with Crippen LogP contribution in [0.15, 0.2) is 0 Å². The second kappa shape index (κ2) is 24.9. The highest BCUT2D eigenvalue weighted by molar-refractivity contribution is 4.97. The molecule has 0 aromatic rings. The van der Waals surface area contributed by atoms with Crippen molar-refractivity contribution >= 4 is 0 Å². The van der Waals surface area contributed by atoms with E-state index in [9.17, 15) is 35.7 Å². The Morgan fingerprint density at radius 2 is 0.512 bits per heavy atom. The predicted molar refractivity (Wildman–Crippen MR) is 175 cm³/mol. The molecule has 0 radical (unpaired) electrons. The fourth-order valence-electron chi connectivity index (χ4n) is 6.56. The molecule has 0 aliphatic heterocycles. The number of hydrogen-bond acceptors (Lipinski definition) is 7. The van der Waals surface area contributed by atoms with Gasteiger partial charge >= 0.3 is 0 Å². The van der Waals surface area contributed by atoms with Gasteiger partial charge in [-0.2, -0.15) is 0 Å². The van der Waals surface area contributed by atoms with Crippen molar-refractivity contribution in [2.45, 2.75) is 229 Å². The van der Waals surface area contributed by atoms with Gasteiger partial charge in [-0.05, 0) is 12.8 Å². The van der Waals surface area contributed by atoms with Gasteiger partial charge in [0.25, 0.3) is 11.6 Å². The van der Waals surface area contributed by atoms with E-state index in [1.165, 1.54) is 135 Å². The molecule has 1 atom stereocenters. The summed E-state index contributed by atoms with van der Waals surface area (Å²) in [5, 5.41) is 72.4. The van der Waals surface area contributed by atoms with Gasteiger partial charge < -0.3 is 35.7 Å². The molecular formula is C36H72O7. The minimum absolute atomic E-state index is 0.0774. The van der Waals surface area contributed by atoms with E-state index >= 15 is 0 Å². The van der Waals surface area contributed by atoms with E-state index in [2.05, 4.69) is 0 Å². The van der Waals surface area contributed by atoms with Gasteiger partial charge in [0.15, 0.2) is 0 Å². The first kappa shape index (κ1) is 40.7. The summed E-state index contributed by atoms with van der Waals surface area (Å²) in [6.07, 6.45) is 33.0. The smallest absolute Gasteiger partial charge is 0.276 e. The lowest BCUT2D eigenvalue weighted by molar-refractivity contribution is -0.467. The Morgan fingerprint density at radius 3 is 0.767 bits per heavy atom. The lowest BCUT2D eigenvalue weighted by Crippen LogP contribution is -2.72. The number of aliphatic hydroxyl groups is 7. The Labute approximate surface area is 264 Å². The molecule has 7 heteroatoms. The van der Waals surface area contributed by atoms with E-state index in [4.69, 9.17) is 0 Å². The van der Waals surface area contributed by atoms with Crippen molar-refractivity contribution in [3.8, 4) is 0 Å². The van der Waals surface area contributed by atoms with Crippen LogP contribution in [0.25, 0.3) is 0 Å². The van der Waals surface area contributed by atoms with Crippen LogP contribution in [0.5, 0.6) is 0 Å². The van der Waals surface area contributed by atoms with Crippen LogP contribution in [0.4, 0.5) is 0 Å². The van der Waals surface area contributed by atoms with Gasteiger partial charge in [0, 0.05) is 6.42 Å². The molecule has 1 aliphatic rings. The van der Waals surface area contributed by atoms with Crippen LogP contribution < -0.4 is 0 Å². The third-order valence-corrected chi connectivity index (χ3v) is 9.79. The van der Waals surface area contributed by atoms with Gasteiger partial charge in [-0.1, -0.05) is 186 Å². The molecule has 0 heterocycles. The quantitative estimate of drug-likeness (QED) is 0.137. The van der Waals surface area contributed by atoms with Crippen molar-refractivity contribution in [2.75, 3.05) is 0 Å². The molecule has 1 unspecified atom stereocenters. The molecule has 1 saturated carbocycles. The van der Waals surface area contributed by atoms with Gasteiger partial charge in [-0.3, -0.25) is 0 Å². The second-order valence-corrected chi connectivity index (χ2v) is 13.9. The zero-order valence-electron chi connectivity index (χ0n) is 27.8. The Bertz CT molecular complexity index is 623. The van der Waals surface area contributed by atoms with Gasteiger partial charge in [0.2, 0.25) is 5.79 Å². The SMILES string of the molecule is OC1CCCCCCCCCCCCCCCCCCCCCCCCCCCCCCCCC(O)(O)C(O)(O)C1(O)O. The van der Waals surface area contributed by atoms with Crippen molar-refractivity contribution in [1.82, 2.24) is 0 Å². The van der Waals surface area contributed by atoms with Crippen LogP contribution in [0, 0.1) is 0 Å². The molecule has 0 saturated heterocycles. The van der Waals surface area contributed by atoms with E-state index < -0.39 is 29.9 Å². The first-order valence-corrected chi connectivity index (χ1v) is 18.7. The van der Waals surface area contributed by atoms with E-state index in [0.717, 1.165) is 38.5 Å². The molecule has 258 valence electrons. The van der Waals surface area contributed by atoms with Gasteiger partial charge in [0.05, 0.1) is 0 Å². The maximum Gasteiger partial charge on any atom is 0.276 e. The summed E-state index contributed by atoms with van der Waals surface area (Å²) >= 11 is 0. The van der Waals surface area contributed by atoms with Crippen molar-refractivity contribution in [3.63, 3.8) is 0 Å². The zero-order valence-corrected chi connectivity index (χ0v) is 27.8. The summed E-state index contributed by atoms with van der Waals surface area (Å²) in [4.78, 5) is 0. The van der Waals surface area contributed by atoms with Crippen LogP contribution >= 0.6 is 0 Å². The van der Waals surface area contributed by atoms with E-state index in [0.29, 0.717) is 19.3 Å². The molecule has 0 spiro atoms. The number of rotatable bonds is 0. The van der Waals surface area contributed by atoms with Crippen molar-refractivity contribution < 1.29 is 35.7 Å². The monoisotopic (exact) mass is 617 g/mol. The Morgan fingerprint density at radius 1 is 0.302 bits per heavy atom. The van der Waals surface area contributed by atoms with Crippen LogP contribution in [0.1, 0.15) is 205 Å². The standard InChI is InChI=1S/C36H72O7/c37-33-31-29-27-25-23-21-19-17-15-13-11-9-7-5-3-1-2-4-6-8-10-12-14-16-18-20-22-24-26-28-30-32-34(38,39)36(42,43)35(33,40)41/h33,37-43H,1-32H2. The lowest BCUT2D eigenvalue weighted by atomic mass is 9.86. The Kier molecular flexibility index (Phi) is 23.6. The molecule has 0 aromatic heterocycles. The number of aliphatic hydroxyl groups excluding tert-OH is 1. The number of hydrogen-bond donors (Lipinski definition) is 7. The highest BCUT2D eigenvalue weighted by Gasteiger charge is 2.63. The van der Waals surface area contributed by atoms with Crippen molar-refractivity contribution in [1.29, 1.82) is 0 Å². The Hall–Kier alpha value is -0.280. The van der Waals surface area contributed by atoms with E-state index in [1.54, 1.807) is 0 Å². The summed E-state index contributed by atoms with van der Waals surface area (Å²) in [5.74, 6) is -10.3. The third-order valence-electron chi connectivity index (χ3n) is 9.79. The highest BCUT2D eigenvalue weighted by Crippen LogP contribution is 2.35. The summed E-state index contributed by atoms with van der Waals surface area (Å²) in [6, 6.07) is 0. The first-order valence-electron chi connectivity index (χ1n) is 18.7. The molecule has 1 fully saturated rings.